The Morgan fingerprint density at radius 1 is 1.38 bits per heavy atom. The lowest BCUT2D eigenvalue weighted by Gasteiger charge is -1.98. The van der Waals surface area contributed by atoms with Crippen molar-refractivity contribution in [3.8, 4) is 11.5 Å². The van der Waals surface area contributed by atoms with E-state index in [9.17, 15) is 0 Å². The van der Waals surface area contributed by atoms with Gasteiger partial charge in [-0.15, -0.1) is 0 Å². The standard InChI is InChI=1S/C11H12BrN3O/c1-6-3-8(5-9(12)4-6)11-14-10(7(2)13)15-16-11/h3-5,7H,13H2,1-2H3. The van der Waals surface area contributed by atoms with Crippen LogP contribution in [0.3, 0.4) is 0 Å². The van der Waals surface area contributed by atoms with Gasteiger partial charge in [0.05, 0.1) is 6.04 Å². The predicted molar refractivity (Wildman–Crippen MR) is 64.8 cm³/mol. The number of hydrogen-bond acceptors (Lipinski definition) is 4. The van der Waals surface area contributed by atoms with Gasteiger partial charge in [-0.25, -0.2) is 0 Å². The fourth-order valence-electron chi connectivity index (χ4n) is 1.40. The second-order valence-electron chi connectivity index (χ2n) is 3.76. The maximum absolute atomic E-state index is 5.67. The maximum Gasteiger partial charge on any atom is 0.258 e. The third-order valence-electron chi connectivity index (χ3n) is 2.14. The highest BCUT2D eigenvalue weighted by Crippen LogP contribution is 2.24. The van der Waals surface area contributed by atoms with Crippen molar-refractivity contribution in [1.29, 1.82) is 0 Å². The largest absolute Gasteiger partial charge is 0.334 e. The molecule has 0 aliphatic carbocycles. The molecule has 1 atom stereocenters. The minimum Gasteiger partial charge on any atom is -0.334 e. The number of hydrogen-bond donors (Lipinski definition) is 1. The zero-order valence-electron chi connectivity index (χ0n) is 9.07. The molecule has 0 fully saturated rings. The number of nitrogens with two attached hydrogens (primary N) is 1. The first-order valence-corrected chi connectivity index (χ1v) is 5.72. The first kappa shape index (κ1) is 11.3. The van der Waals surface area contributed by atoms with E-state index in [1.54, 1.807) is 0 Å². The van der Waals surface area contributed by atoms with Crippen LogP contribution in [-0.2, 0) is 0 Å². The summed E-state index contributed by atoms with van der Waals surface area (Å²) >= 11 is 3.43. The molecule has 0 aliphatic rings. The zero-order valence-corrected chi connectivity index (χ0v) is 10.7. The van der Waals surface area contributed by atoms with Crippen LogP contribution in [0, 0.1) is 6.92 Å². The van der Waals surface area contributed by atoms with Crippen LogP contribution in [0.2, 0.25) is 0 Å². The molecule has 1 aromatic carbocycles. The molecule has 1 unspecified atom stereocenters. The summed E-state index contributed by atoms with van der Waals surface area (Å²) in [5.41, 5.74) is 7.69. The van der Waals surface area contributed by atoms with Crippen molar-refractivity contribution in [3.05, 3.63) is 34.1 Å². The van der Waals surface area contributed by atoms with Crippen LogP contribution < -0.4 is 5.73 Å². The highest BCUT2D eigenvalue weighted by atomic mass is 79.9. The van der Waals surface area contributed by atoms with Crippen molar-refractivity contribution in [2.24, 2.45) is 5.73 Å². The van der Waals surface area contributed by atoms with Crippen molar-refractivity contribution in [1.82, 2.24) is 10.1 Å². The molecule has 1 heterocycles. The van der Waals surface area contributed by atoms with Gasteiger partial charge in [0, 0.05) is 10.0 Å². The second-order valence-corrected chi connectivity index (χ2v) is 4.68. The molecule has 0 bridgehead atoms. The molecular weight excluding hydrogens is 270 g/mol. The number of benzene rings is 1. The fourth-order valence-corrected chi connectivity index (χ4v) is 2.00. The Labute approximate surface area is 102 Å². The van der Waals surface area contributed by atoms with E-state index >= 15 is 0 Å². The van der Waals surface area contributed by atoms with Gasteiger partial charge in [0.25, 0.3) is 5.89 Å². The predicted octanol–water partition coefficient (Wildman–Crippen LogP) is 2.83. The van der Waals surface area contributed by atoms with Crippen molar-refractivity contribution >= 4 is 15.9 Å². The molecular formula is C11H12BrN3O. The summed E-state index contributed by atoms with van der Waals surface area (Å²) in [4.78, 5) is 4.24. The maximum atomic E-state index is 5.67. The van der Waals surface area contributed by atoms with E-state index in [0.717, 1.165) is 15.6 Å². The molecule has 4 nitrogen and oxygen atoms in total. The van der Waals surface area contributed by atoms with Crippen molar-refractivity contribution in [2.75, 3.05) is 0 Å². The van der Waals surface area contributed by atoms with Gasteiger partial charge < -0.3 is 10.3 Å². The quantitative estimate of drug-likeness (QED) is 0.919. The summed E-state index contributed by atoms with van der Waals surface area (Å²) in [6.07, 6.45) is 0. The molecule has 0 saturated heterocycles. The van der Waals surface area contributed by atoms with Crippen molar-refractivity contribution < 1.29 is 4.52 Å². The Morgan fingerprint density at radius 3 is 2.69 bits per heavy atom. The summed E-state index contributed by atoms with van der Waals surface area (Å²) < 4.78 is 6.15. The Hall–Kier alpha value is -1.20. The Morgan fingerprint density at radius 2 is 2.12 bits per heavy atom. The summed E-state index contributed by atoms with van der Waals surface area (Å²) in [5, 5.41) is 3.82. The van der Waals surface area contributed by atoms with Gasteiger partial charge in [0.1, 0.15) is 0 Å². The van der Waals surface area contributed by atoms with Crippen LogP contribution in [0.4, 0.5) is 0 Å². The molecule has 2 N–H and O–H groups in total. The van der Waals surface area contributed by atoms with Gasteiger partial charge >= 0.3 is 0 Å². The number of aryl methyl sites for hydroxylation is 1. The molecule has 0 aliphatic heterocycles. The summed E-state index contributed by atoms with van der Waals surface area (Å²) in [6, 6.07) is 5.73. The van der Waals surface area contributed by atoms with Crippen LogP contribution in [0.1, 0.15) is 24.4 Å². The normalized spacial score (nSPS) is 12.8. The summed E-state index contributed by atoms with van der Waals surface area (Å²) in [6.45, 7) is 3.83. The van der Waals surface area contributed by atoms with E-state index in [1.165, 1.54) is 0 Å². The fraction of sp³-hybridized carbons (Fsp3) is 0.273. The lowest BCUT2D eigenvalue weighted by Crippen LogP contribution is -2.06. The number of rotatable bonds is 2. The molecule has 0 radical (unpaired) electrons. The molecule has 2 rings (SSSR count). The highest BCUT2D eigenvalue weighted by molar-refractivity contribution is 9.10. The average Bonchev–Trinajstić information content (AvgIpc) is 2.64. The first-order valence-electron chi connectivity index (χ1n) is 4.93. The van der Waals surface area contributed by atoms with E-state index < -0.39 is 0 Å². The topological polar surface area (TPSA) is 64.9 Å². The first-order chi connectivity index (χ1) is 7.56. The monoisotopic (exact) mass is 281 g/mol. The van der Waals surface area contributed by atoms with E-state index in [-0.39, 0.29) is 6.04 Å². The molecule has 16 heavy (non-hydrogen) atoms. The van der Waals surface area contributed by atoms with Crippen LogP contribution in [0.25, 0.3) is 11.5 Å². The molecule has 84 valence electrons. The molecule has 5 heteroatoms. The summed E-state index contributed by atoms with van der Waals surface area (Å²) in [5.74, 6) is 1.02. The average molecular weight is 282 g/mol. The van der Waals surface area contributed by atoms with Gasteiger partial charge in [-0.2, -0.15) is 4.98 Å². The van der Waals surface area contributed by atoms with Gasteiger partial charge in [-0.05, 0) is 37.6 Å². The van der Waals surface area contributed by atoms with Crippen LogP contribution in [0.15, 0.2) is 27.2 Å². The Bertz CT molecular complexity index is 487. The SMILES string of the molecule is Cc1cc(Br)cc(-c2nc(C(C)N)no2)c1. The van der Waals surface area contributed by atoms with E-state index in [0.29, 0.717) is 11.7 Å². The lowest BCUT2D eigenvalue weighted by molar-refractivity contribution is 0.418. The highest BCUT2D eigenvalue weighted by Gasteiger charge is 2.12. The number of nitrogens with zero attached hydrogens (tertiary/aromatic N) is 2. The molecule has 0 amide bonds. The smallest absolute Gasteiger partial charge is 0.258 e. The van der Waals surface area contributed by atoms with E-state index in [2.05, 4.69) is 26.1 Å². The van der Waals surface area contributed by atoms with Gasteiger partial charge in [0.15, 0.2) is 5.82 Å². The van der Waals surface area contributed by atoms with Gasteiger partial charge in [-0.3, -0.25) is 0 Å². The minimum atomic E-state index is -0.217. The molecule has 2 aromatic rings. The molecule has 1 aromatic heterocycles. The molecule has 0 saturated carbocycles. The second kappa shape index (κ2) is 4.35. The van der Waals surface area contributed by atoms with Crippen LogP contribution >= 0.6 is 15.9 Å². The molecule has 0 spiro atoms. The Balaban J connectivity index is 2.42. The Kier molecular flexibility index (Phi) is 3.07. The minimum absolute atomic E-state index is 0.217. The van der Waals surface area contributed by atoms with Gasteiger partial charge in [0.2, 0.25) is 0 Å². The van der Waals surface area contributed by atoms with Crippen LogP contribution in [-0.4, -0.2) is 10.1 Å². The number of halogens is 1. The van der Waals surface area contributed by atoms with E-state index in [4.69, 9.17) is 10.3 Å². The number of aromatic nitrogens is 2. The van der Waals surface area contributed by atoms with E-state index in [1.807, 2.05) is 32.0 Å². The summed E-state index contributed by atoms with van der Waals surface area (Å²) in [7, 11) is 0. The third kappa shape index (κ3) is 2.31. The zero-order chi connectivity index (χ0) is 11.7. The van der Waals surface area contributed by atoms with Gasteiger partial charge in [-0.1, -0.05) is 21.1 Å². The lowest BCUT2D eigenvalue weighted by atomic mass is 10.1. The van der Waals surface area contributed by atoms with Crippen molar-refractivity contribution in [2.45, 2.75) is 19.9 Å². The third-order valence-corrected chi connectivity index (χ3v) is 2.60. The van der Waals surface area contributed by atoms with Crippen LogP contribution in [0.5, 0.6) is 0 Å². The van der Waals surface area contributed by atoms with Crippen molar-refractivity contribution in [3.63, 3.8) is 0 Å².